The molecule has 0 aromatic rings. The number of hydrogen-bond donors (Lipinski definition) is 0. The summed E-state index contributed by atoms with van der Waals surface area (Å²) in [6.07, 6.45) is 18.4. The first kappa shape index (κ1) is 17.1. The van der Waals surface area contributed by atoms with Gasteiger partial charge in [0.2, 0.25) is 0 Å². The Morgan fingerprint density at radius 3 is 2.60 bits per heavy atom. The van der Waals surface area contributed by atoms with Gasteiger partial charge in [0.05, 0.1) is 12.8 Å². The van der Waals surface area contributed by atoms with Crippen LogP contribution in [0.5, 0.6) is 0 Å². The summed E-state index contributed by atoms with van der Waals surface area (Å²) >= 11 is 0. The third-order valence-corrected chi connectivity index (χ3v) is 4.39. The van der Waals surface area contributed by atoms with Gasteiger partial charge >= 0.3 is 0 Å². The average molecular weight is 273 g/mol. The molecule has 0 saturated heterocycles. The van der Waals surface area contributed by atoms with E-state index in [4.69, 9.17) is 0 Å². The molecule has 0 spiro atoms. The van der Waals surface area contributed by atoms with Crippen molar-refractivity contribution in [1.29, 1.82) is 0 Å². The maximum absolute atomic E-state index is 2.58. The zero-order valence-corrected chi connectivity index (χ0v) is 14.3. The van der Waals surface area contributed by atoms with Gasteiger partial charge in [0.25, 0.3) is 0 Å². The molecular formula is C20H33+. The summed E-state index contributed by atoms with van der Waals surface area (Å²) in [5, 5.41) is 0. The number of hydrogen-bond acceptors (Lipinski definition) is 0. The SMILES string of the molecule is CC(C)=CCC[C@@]1(C)[CH+]CC/C(C)=C/CC/C(C)=C/C1. The Kier molecular flexibility index (Phi) is 7.19. The van der Waals surface area contributed by atoms with Gasteiger partial charge in [-0.3, -0.25) is 0 Å². The van der Waals surface area contributed by atoms with Gasteiger partial charge in [0.1, 0.15) is 5.41 Å². The standard InChI is InChI=1S/C20H33/c1-17(2)9-7-14-20(5)15-8-12-18(3)10-6-11-19(4)13-16-20/h9-10,13,15H,6-8,11-12,14,16H2,1-5H3/q+1/b18-10+,19-13+/t20-/m0/s1. The van der Waals surface area contributed by atoms with Gasteiger partial charge in [-0.15, -0.1) is 0 Å². The molecule has 0 aromatic heterocycles. The highest BCUT2D eigenvalue weighted by Gasteiger charge is 2.31. The second-order valence-corrected chi connectivity index (χ2v) is 7.06. The lowest BCUT2D eigenvalue weighted by Gasteiger charge is -2.20. The van der Waals surface area contributed by atoms with Crippen LogP contribution in [0.2, 0.25) is 0 Å². The second kappa shape index (κ2) is 8.39. The van der Waals surface area contributed by atoms with Gasteiger partial charge < -0.3 is 0 Å². The molecule has 1 atom stereocenters. The molecule has 0 saturated carbocycles. The third kappa shape index (κ3) is 7.03. The zero-order chi connectivity index (χ0) is 15.0. The summed E-state index contributed by atoms with van der Waals surface area (Å²) in [5.41, 5.74) is 4.91. The van der Waals surface area contributed by atoms with E-state index >= 15 is 0 Å². The van der Waals surface area contributed by atoms with Gasteiger partial charge in [-0.05, 0) is 60.3 Å². The van der Waals surface area contributed by atoms with Crippen LogP contribution in [-0.2, 0) is 0 Å². The Morgan fingerprint density at radius 2 is 1.90 bits per heavy atom. The van der Waals surface area contributed by atoms with Crippen molar-refractivity contribution in [3.8, 4) is 0 Å². The molecule has 0 radical (unpaired) electrons. The fraction of sp³-hybridized carbons (Fsp3) is 0.650. The van der Waals surface area contributed by atoms with E-state index in [1.54, 1.807) is 11.1 Å². The van der Waals surface area contributed by atoms with Crippen LogP contribution in [-0.4, -0.2) is 0 Å². The Morgan fingerprint density at radius 1 is 1.20 bits per heavy atom. The summed E-state index contributed by atoms with van der Waals surface area (Å²) in [5.74, 6) is 0. The first-order valence-corrected chi connectivity index (χ1v) is 8.20. The van der Waals surface area contributed by atoms with Crippen molar-refractivity contribution in [1.82, 2.24) is 0 Å². The van der Waals surface area contributed by atoms with Crippen molar-refractivity contribution in [2.24, 2.45) is 5.41 Å². The van der Waals surface area contributed by atoms with Crippen molar-refractivity contribution < 1.29 is 0 Å². The summed E-state index contributed by atoms with van der Waals surface area (Å²) < 4.78 is 0. The molecule has 0 unspecified atom stereocenters. The zero-order valence-electron chi connectivity index (χ0n) is 14.3. The lowest BCUT2D eigenvalue weighted by atomic mass is 9.77. The van der Waals surface area contributed by atoms with Crippen molar-refractivity contribution in [2.45, 2.75) is 79.6 Å². The molecule has 20 heavy (non-hydrogen) atoms. The van der Waals surface area contributed by atoms with Crippen LogP contribution in [0.3, 0.4) is 0 Å². The highest BCUT2D eigenvalue weighted by atomic mass is 14.3. The minimum absolute atomic E-state index is 0.359. The third-order valence-electron chi connectivity index (χ3n) is 4.39. The number of rotatable bonds is 3. The van der Waals surface area contributed by atoms with E-state index in [1.165, 1.54) is 50.5 Å². The largest absolute Gasteiger partial charge is 0.109 e. The molecule has 0 N–H and O–H groups in total. The highest BCUT2D eigenvalue weighted by molar-refractivity contribution is 5.09. The molecule has 0 nitrogen and oxygen atoms in total. The Balaban J connectivity index is 2.70. The smallest absolute Gasteiger partial charge is 0.0857 e. The predicted octanol–water partition coefficient (Wildman–Crippen LogP) is 6.80. The average Bonchev–Trinajstić information content (AvgIpc) is 2.37. The summed E-state index contributed by atoms with van der Waals surface area (Å²) in [6, 6.07) is 0. The second-order valence-electron chi connectivity index (χ2n) is 7.06. The van der Waals surface area contributed by atoms with E-state index in [0.717, 1.165) is 0 Å². The minimum Gasteiger partial charge on any atom is -0.0857 e. The maximum atomic E-state index is 2.58. The Labute approximate surface area is 127 Å². The molecule has 1 aliphatic rings. The van der Waals surface area contributed by atoms with Crippen molar-refractivity contribution in [3.05, 3.63) is 41.4 Å². The molecule has 1 aliphatic carbocycles. The van der Waals surface area contributed by atoms with Crippen LogP contribution in [0.25, 0.3) is 0 Å². The van der Waals surface area contributed by atoms with Gasteiger partial charge in [0.15, 0.2) is 0 Å². The van der Waals surface area contributed by atoms with Crippen LogP contribution >= 0.6 is 0 Å². The minimum atomic E-state index is 0.359. The van der Waals surface area contributed by atoms with E-state index in [0.29, 0.717) is 5.41 Å². The molecule has 0 aromatic carbocycles. The quantitative estimate of drug-likeness (QED) is 0.392. The van der Waals surface area contributed by atoms with E-state index in [-0.39, 0.29) is 0 Å². The fourth-order valence-electron chi connectivity index (χ4n) is 2.78. The first-order chi connectivity index (χ1) is 9.41. The van der Waals surface area contributed by atoms with Crippen LogP contribution in [0.4, 0.5) is 0 Å². The summed E-state index contributed by atoms with van der Waals surface area (Å²) in [7, 11) is 0. The van der Waals surface area contributed by atoms with Crippen LogP contribution in [0, 0.1) is 11.8 Å². The van der Waals surface area contributed by atoms with E-state index in [9.17, 15) is 0 Å². The number of allylic oxidation sites excluding steroid dienone is 6. The van der Waals surface area contributed by atoms with Crippen LogP contribution in [0.1, 0.15) is 79.6 Å². The van der Waals surface area contributed by atoms with E-state index in [1.807, 2.05) is 0 Å². The van der Waals surface area contributed by atoms with Gasteiger partial charge in [-0.2, -0.15) is 0 Å². The lowest BCUT2D eigenvalue weighted by molar-refractivity contribution is 0.351. The summed E-state index contributed by atoms with van der Waals surface area (Å²) in [6.45, 7) is 11.4. The van der Waals surface area contributed by atoms with E-state index in [2.05, 4.69) is 59.3 Å². The van der Waals surface area contributed by atoms with Gasteiger partial charge in [0, 0.05) is 12.8 Å². The van der Waals surface area contributed by atoms with Crippen molar-refractivity contribution >= 4 is 0 Å². The van der Waals surface area contributed by atoms with Crippen LogP contribution < -0.4 is 0 Å². The highest BCUT2D eigenvalue weighted by Crippen LogP contribution is 2.35. The topological polar surface area (TPSA) is 0 Å². The molecule has 0 aliphatic heterocycles. The fourth-order valence-corrected chi connectivity index (χ4v) is 2.78. The first-order valence-electron chi connectivity index (χ1n) is 8.20. The predicted molar refractivity (Wildman–Crippen MR) is 91.7 cm³/mol. The lowest BCUT2D eigenvalue weighted by Crippen LogP contribution is -2.16. The molecule has 0 bridgehead atoms. The molecule has 0 heterocycles. The normalized spacial score (nSPS) is 30.1. The molecular weight excluding hydrogens is 240 g/mol. The van der Waals surface area contributed by atoms with Gasteiger partial charge in [-0.25, -0.2) is 0 Å². The van der Waals surface area contributed by atoms with E-state index < -0.39 is 0 Å². The molecule has 0 fully saturated rings. The van der Waals surface area contributed by atoms with Crippen LogP contribution in [0.15, 0.2) is 34.9 Å². The Bertz CT molecular complexity index is 377. The maximum Gasteiger partial charge on any atom is 0.109 e. The van der Waals surface area contributed by atoms with Crippen molar-refractivity contribution in [3.63, 3.8) is 0 Å². The molecule has 0 amide bonds. The van der Waals surface area contributed by atoms with Crippen molar-refractivity contribution in [2.75, 3.05) is 0 Å². The monoisotopic (exact) mass is 273 g/mol. The molecule has 112 valence electrons. The molecule has 0 heteroatoms. The molecule has 1 rings (SSSR count). The van der Waals surface area contributed by atoms with Gasteiger partial charge in [-0.1, -0.05) is 34.9 Å². The Hall–Kier alpha value is -0.910. The summed E-state index contributed by atoms with van der Waals surface area (Å²) in [4.78, 5) is 0.